The lowest BCUT2D eigenvalue weighted by atomic mass is 9.93. The number of piperazine rings is 1. The Hall–Kier alpha value is -6.64. The molecule has 3 N–H and O–H groups in total. The van der Waals surface area contributed by atoms with Gasteiger partial charge < -0.3 is 48.8 Å². The molecule has 2 aliphatic heterocycles. The van der Waals surface area contributed by atoms with Gasteiger partial charge in [-0.3, -0.25) is 24.2 Å². The summed E-state index contributed by atoms with van der Waals surface area (Å²) in [5, 5.41) is 17.6. The van der Waals surface area contributed by atoms with Gasteiger partial charge in [0.05, 0.1) is 101 Å². The van der Waals surface area contributed by atoms with Crippen molar-refractivity contribution < 1.29 is 38.1 Å². The number of amides is 2. The van der Waals surface area contributed by atoms with Crippen LogP contribution >= 0.6 is 0 Å². The van der Waals surface area contributed by atoms with Crippen molar-refractivity contribution in [3.63, 3.8) is 0 Å². The van der Waals surface area contributed by atoms with Crippen LogP contribution in [0, 0.1) is 11.3 Å². The first-order valence-electron chi connectivity index (χ1n) is 25.1. The number of Topliss-reactive ketones (excluding diaryl/α,β-unsaturated/α-hetero) is 1. The molecule has 21 heteroatoms. The first-order chi connectivity index (χ1) is 35.7. The number of hydrogen-bond acceptors (Lipinski definition) is 16. The third kappa shape index (κ3) is 15.9. The number of aromatic nitrogens is 7. The lowest BCUT2D eigenvalue weighted by Gasteiger charge is -2.35. The number of aromatic amines is 2. The molecule has 0 atom stereocenters. The van der Waals surface area contributed by atoms with Crippen LogP contribution in [0.2, 0.25) is 0 Å². The number of ether oxygens (including phenoxy) is 5. The number of rotatable bonds is 30. The summed E-state index contributed by atoms with van der Waals surface area (Å²) < 4.78 is 29.3. The normalized spacial score (nSPS) is 14.4. The van der Waals surface area contributed by atoms with Crippen LogP contribution in [-0.4, -0.2) is 204 Å². The number of nitrogens with one attached hydrogen (secondary N) is 3. The molecule has 73 heavy (non-hydrogen) atoms. The van der Waals surface area contributed by atoms with Crippen molar-refractivity contribution in [1.29, 1.82) is 5.26 Å². The maximum Gasteiger partial charge on any atom is 0.295 e. The number of methoxy groups -OCH3 is 1. The second kappa shape index (κ2) is 28.6. The number of pyridine rings is 1. The molecule has 390 valence electrons. The number of nitriles is 1. The summed E-state index contributed by atoms with van der Waals surface area (Å²) in [4.78, 5) is 68.9. The predicted molar refractivity (Wildman–Crippen MR) is 273 cm³/mol. The molecule has 0 bridgehead atoms. The summed E-state index contributed by atoms with van der Waals surface area (Å²) in [6, 6.07) is 11.8. The lowest BCUT2D eigenvalue weighted by Crippen LogP contribution is -2.47. The Morgan fingerprint density at radius 1 is 0.849 bits per heavy atom. The second-order valence-corrected chi connectivity index (χ2v) is 18.0. The molecule has 2 fully saturated rings. The van der Waals surface area contributed by atoms with E-state index in [1.165, 1.54) is 35.4 Å². The van der Waals surface area contributed by atoms with Crippen LogP contribution in [0.3, 0.4) is 0 Å². The van der Waals surface area contributed by atoms with E-state index in [4.69, 9.17) is 23.7 Å². The van der Waals surface area contributed by atoms with Crippen molar-refractivity contribution in [1.82, 2.24) is 59.6 Å². The zero-order chi connectivity index (χ0) is 51.2. The van der Waals surface area contributed by atoms with Crippen LogP contribution in [0.15, 0.2) is 79.3 Å². The highest BCUT2D eigenvalue weighted by Crippen LogP contribution is 2.33. The maximum atomic E-state index is 13.8. The number of H-pyrrole nitrogens is 2. The van der Waals surface area contributed by atoms with Crippen LogP contribution in [0.4, 0.5) is 0 Å². The Morgan fingerprint density at radius 2 is 1.53 bits per heavy atom. The first-order valence-corrected chi connectivity index (χ1v) is 25.1. The number of imidazole rings is 1. The van der Waals surface area contributed by atoms with E-state index >= 15 is 0 Å². The second-order valence-electron chi connectivity index (χ2n) is 18.0. The summed E-state index contributed by atoms with van der Waals surface area (Å²) in [7, 11) is 1.46. The molecule has 0 radical (unpaired) electrons. The van der Waals surface area contributed by atoms with Gasteiger partial charge in [-0.25, -0.2) is 15.0 Å². The van der Waals surface area contributed by atoms with Gasteiger partial charge in [0.25, 0.3) is 17.6 Å². The minimum absolute atomic E-state index is 0.0456. The number of hydrogen-bond donors (Lipinski definition) is 3. The molecule has 5 aromatic rings. The zero-order valence-electron chi connectivity index (χ0n) is 42.2. The number of benzene rings is 1. The van der Waals surface area contributed by atoms with E-state index in [1.54, 1.807) is 6.33 Å². The molecule has 2 aliphatic rings. The Labute approximate surface area is 426 Å². The summed E-state index contributed by atoms with van der Waals surface area (Å²) in [5.74, 6) is -1.29. The molecule has 6 heterocycles. The molecular formula is C52H69N13O8. The fraction of sp³-hybridized carbons (Fsp3) is 0.500. The third-order valence-corrected chi connectivity index (χ3v) is 12.7. The fourth-order valence-corrected chi connectivity index (χ4v) is 8.84. The molecule has 2 saturated heterocycles. The van der Waals surface area contributed by atoms with E-state index < -0.39 is 17.6 Å². The van der Waals surface area contributed by atoms with E-state index in [1.807, 2.05) is 43.5 Å². The van der Waals surface area contributed by atoms with Crippen molar-refractivity contribution >= 4 is 34.1 Å². The van der Waals surface area contributed by atoms with Gasteiger partial charge in [-0.2, -0.15) is 9.94 Å². The number of carbonyl (C=O) groups is 3. The molecule has 0 spiro atoms. The molecule has 7 rings (SSSR count). The monoisotopic (exact) mass is 1000 g/mol. The maximum absolute atomic E-state index is 13.8. The van der Waals surface area contributed by atoms with Crippen LogP contribution < -0.4 is 10.1 Å². The highest BCUT2D eigenvalue weighted by atomic mass is 16.6. The van der Waals surface area contributed by atoms with Gasteiger partial charge in [0.2, 0.25) is 5.82 Å². The van der Waals surface area contributed by atoms with E-state index in [-0.39, 0.29) is 23.0 Å². The lowest BCUT2D eigenvalue weighted by molar-refractivity contribution is -0.126. The molecule has 0 aliphatic carbocycles. The topological polar surface area (TPSA) is 234 Å². The zero-order valence-corrected chi connectivity index (χ0v) is 42.2. The van der Waals surface area contributed by atoms with Gasteiger partial charge in [-0.15, -0.1) is 5.10 Å². The Morgan fingerprint density at radius 3 is 2.21 bits per heavy atom. The van der Waals surface area contributed by atoms with Gasteiger partial charge >= 0.3 is 0 Å². The Balaban J connectivity index is 0.819. The number of ketones is 1. The van der Waals surface area contributed by atoms with Crippen LogP contribution in [0.5, 0.6) is 5.75 Å². The van der Waals surface area contributed by atoms with Gasteiger partial charge in [0.1, 0.15) is 12.1 Å². The Bertz CT molecular complexity index is 2610. The molecule has 1 aromatic carbocycles. The summed E-state index contributed by atoms with van der Waals surface area (Å²) in [6.07, 6.45) is 10.5. The van der Waals surface area contributed by atoms with Crippen molar-refractivity contribution in [2.24, 2.45) is 0 Å². The van der Waals surface area contributed by atoms with Gasteiger partial charge in [-0.1, -0.05) is 42.5 Å². The van der Waals surface area contributed by atoms with Crippen molar-refractivity contribution in [3.8, 4) is 17.6 Å². The molecule has 21 nitrogen and oxygen atoms in total. The van der Waals surface area contributed by atoms with Gasteiger partial charge in [-0.05, 0) is 56.8 Å². The van der Waals surface area contributed by atoms with Crippen LogP contribution in [0.1, 0.15) is 64.8 Å². The summed E-state index contributed by atoms with van der Waals surface area (Å²) >= 11 is 0. The predicted octanol–water partition coefficient (Wildman–Crippen LogP) is 3.93. The molecular weight excluding hydrogens is 935 g/mol. The van der Waals surface area contributed by atoms with E-state index in [0.29, 0.717) is 108 Å². The Kier molecular flexibility index (Phi) is 21.2. The number of likely N-dealkylation sites (tertiary alicyclic amines) is 1. The summed E-state index contributed by atoms with van der Waals surface area (Å²) in [6.45, 7) is 19.6. The molecule has 4 aromatic heterocycles. The van der Waals surface area contributed by atoms with E-state index in [9.17, 15) is 19.6 Å². The average Bonchev–Trinajstić information content (AvgIpc) is 4.22. The number of nitrogens with zero attached hydrogens (tertiary/aromatic N) is 10. The minimum Gasteiger partial charge on any atom is -0.494 e. The highest BCUT2D eigenvalue weighted by molar-refractivity contribution is 6.45. The SMILES string of the molecule is C=C(C)COCCOCCOCCOCCN1CCN(CCCN(CCCNC(=O)c2ncn(-c3ncc(OC)c4c(C(=O)C(=O)N5CCC(=C(C#N)c6ccccc6)CC5)c[nH]c34)n2)Cc2cnc[nH]2)CC1. The number of piperidine rings is 1. The number of fused-ring (bicyclic) bond motifs is 1. The van der Waals surface area contributed by atoms with E-state index in [2.05, 4.69) is 62.7 Å². The van der Waals surface area contributed by atoms with Crippen molar-refractivity contribution in [2.75, 3.05) is 132 Å². The third-order valence-electron chi connectivity index (χ3n) is 12.7. The van der Waals surface area contributed by atoms with Crippen molar-refractivity contribution in [3.05, 3.63) is 102 Å². The quantitative estimate of drug-likeness (QED) is 0.0194. The standard InChI is InChI=1S/C52H69N13O8/c1-39(2)36-73-30-29-72-28-27-71-26-25-70-24-23-62-21-19-61(20-22-62)15-8-16-63(35-42-32-54-37-58-42)14-7-13-55-51(67)49-59-38-65(60-49)50-47-46(45(69-3)34-57-50)44(33-56-47)48(66)52(68)64-17-11-41(12-18-64)43(31-53)40-9-5-4-6-10-40/h4-6,9-10,32-34,37-38,56H,1,7-8,11-30,35-36H2,2-3H3,(H,54,58)(H,55,67). The fourth-order valence-electron chi connectivity index (χ4n) is 8.84. The van der Waals surface area contributed by atoms with Crippen LogP contribution in [0.25, 0.3) is 22.3 Å². The highest BCUT2D eigenvalue weighted by Gasteiger charge is 2.31. The summed E-state index contributed by atoms with van der Waals surface area (Å²) in [5.41, 5.74) is 4.93. The smallest absolute Gasteiger partial charge is 0.295 e. The van der Waals surface area contributed by atoms with Crippen LogP contribution in [-0.2, 0) is 30.3 Å². The van der Waals surface area contributed by atoms with E-state index in [0.717, 1.165) is 87.7 Å². The van der Waals surface area contributed by atoms with Gasteiger partial charge in [0, 0.05) is 83.5 Å². The number of carbonyl (C=O) groups excluding carboxylic acids is 3. The molecule has 0 unspecified atom stereocenters. The molecule has 2 amide bonds. The number of allylic oxidation sites excluding steroid dienone is 1. The molecule has 0 saturated carbocycles. The minimum atomic E-state index is -0.707. The average molecular weight is 1000 g/mol. The first kappa shape index (κ1) is 54.1. The van der Waals surface area contributed by atoms with Gasteiger partial charge in [0.15, 0.2) is 5.82 Å². The largest absolute Gasteiger partial charge is 0.494 e. The van der Waals surface area contributed by atoms with Crippen molar-refractivity contribution in [2.45, 2.75) is 39.2 Å².